The molecule has 274 valence electrons. The predicted molar refractivity (Wildman–Crippen MR) is 208 cm³/mol. The Kier molecular flexibility index (Phi) is 11.1. The summed E-state index contributed by atoms with van der Waals surface area (Å²) < 4.78 is 5.08. The molecule has 0 saturated carbocycles. The summed E-state index contributed by atoms with van der Waals surface area (Å²) in [6, 6.07) is 35.6. The summed E-state index contributed by atoms with van der Waals surface area (Å²) in [6.45, 7) is 3.58. The van der Waals surface area contributed by atoms with Crippen LogP contribution in [0.4, 0.5) is 0 Å². The van der Waals surface area contributed by atoms with Crippen molar-refractivity contribution in [2.75, 3.05) is 20.2 Å². The molecule has 1 aliphatic rings. The van der Waals surface area contributed by atoms with Gasteiger partial charge in [0.05, 0.1) is 44.4 Å². The Labute approximate surface area is 315 Å². The average Bonchev–Trinajstić information content (AvgIpc) is 3.99. The molecular weight excluding hydrogens is 677 g/mol. The molecule has 7 rings (SSSR count). The third-order valence-corrected chi connectivity index (χ3v) is 9.90. The number of esters is 1. The van der Waals surface area contributed by atoms with Gasteiger partial charge in [-0.3, -0.25) is 9.59 Å². The lowest BCUT2D eigenvalue weighted by Gasteiger charge is -2.23. The minimum absolute atomic E-state index is 0.00423. The van der Waals surface area contributed by atoms with Crippen molar-refractivity contribution < 1.29 is 19.1 Å². The number of methoxy groups -OCH3 is 1. The zero-order chi connectivity index (χ0) is 37.4. The van der Waals surface area contributed by atoms with Gasteiger partial charge < -0.3 is 24.5 Å². The minimum Gasteiger partial charge on any atom is -0.464 e. The van der Waals surface area contributed by atoms with E-state index in [4.69, 9.17) is 14.7 Å². The topological polar surface area (TPSA) is 124 Å². The first-order chi connectivity index (χ1) is 26.4. The maximum absolute atomic E-state index is 13.2. The number of carbonyl (C=O) groups excluding carboxylic acids is 3. The predicted octanol–water partition coefficient (Wildman–Crippen LogP) is 7.81. The molecule has 0 aliphatic carbocycles. The standard InChI is InChI=1S/C44H44N6O4/c1-3-24-49(39(51)26-30-11-6-4-7-12-30)29-38-47-41(42(48-38)44(53)54-2)35-22-18-33(19-23-35)32-16-20-34(21-17-32)36-28-45-43(46-36)37-15-10-25-50(37)40(52)27-31-13-8-5-9-14-31/h4-9,11-14,16-23,28,37H,3,10,15,24-27,29H2,1-2H3,(H,45,46)(H,47,48)/t37-/m0/s1. The van der Waals surface area contributed by atoms with Crippen molar-refractivity contribution in [3.63, 3.8) is 0 Å². The van der Waals surface area contributed by atoms with E-state index in [0.29, 0.717) is 30.9 Å². The molecule has 0 radical (unpaired) electrons. The normalized spacial score (nSPS) is 13.9. The molecule has 1 saturated heterocycles. The third-order valence-electron chi connectivity index (χ3n) is 9.90. The van der Waals surface area contributed by atoms with Crippen LogP contribution < -0.4 is 0 Å². The monoisotopic (exact) mass is 720 g/mol. The Morgan fingerprint density at radius 3 is 2.04 bits per heavy atom. The summed E-state index contributed by atoms with van der Waals surface area (Å²) in [5.74, 6) is 0.920. The van der Waals surface area contributed by atoms with Crippen LogP contribution in [0.15, 0.2) is 115 Å². The molecule has 0 bridgehead atoms. The number of likely N-dealkylation sites (tertiary alicyclic amines) is 1. The molecule has 2 aromatic heterocycles. The molecule has 10 nitrogen and oxygen atoms in total. The fraction of sp³-hybridized carbons (Fsp3) is 0.250. The number of ether oxygens (including phenoxy) is 1. The van der Waals surface area contributed by atoms with Crippen molar-refractivity contribution in [1.82, 2.24) is 29.7 Å². The Bertz CT molecular complexity index is 2190. The van der Waals surface area contributed by atoms with Crippen LogP contribution in [0.5, 0.6) is 0 Å². The minimum atomic E-state index is -0.526. The average molecular weight is 721 g/mol. The molecule has 0 unspecified atom stereocenters. The Morgan fingerprint density at radius 1 is 0.796 bits per heavy atom. The van der Waals surface area contributed by atoms with E-state index in [1.807, 2.05) is 103 Å². The molecule has 4 aromatic carbocycles. The largest absolute Gasteiger partial charge is 0.464 e. The number of carbonyl (C=O) groups is 3. The number of aromatic amines is 2. The first-order valence-electron chi connectivity index (χ1n) is 18.5. The van der Waals surface area contributed by atoms with Crippen LogP contribution in [-0.2, 0) is 33.7 Å². The molecule has 3 heterocycles. The number of imidazole rings is 2. The van der Waals surface area contributed by atoms with E-state index in [1.165, 1.54) is 7.11 Å². The zero-order valence-corrected chi connectivity index (χ0v) is 30.6. The summed E-state index contributed by atoms with van der Waals surface area (Å²) in [5.41, 5.74) is 7.38. The third kappa shape index (κ3) is 8.18. The van der Waals surface area contributed by atoms with Gasteiger partial charge in [0, 0.05) is 18.7 Å². The van der Waals surface area contributed by atoms with Gasteiger partial charge in [0.15, 0.2) is 5.69 Å². The van der Waals surface area contributed by atoms with Crippen LogP contribution in [0.2, 0.25) is 0 Å². The van der Waals surface area contributed by atoms with Crippen LogP contribution in [-0.4, -0.2) is 67.7 Å². The highest BCUT2D eigenvalue weighted by Gasteiger charge is 2.32. The number of nitrogens with zero attached hydrogens (tertiary/aromatic N) is 4. The van der Waals surface area contributed by atoms with Crippen LogP contribution >= 0.6 is 0 Å². The van der Waals surface area contributed by atoms with Crippen LogP contribution in [0.25, 0.3) is 33.6 Å². The summed E-state index contributed by atoms with van der Waals surface area (Å²) in [6.07, 6.45) is 5.15. The van der Waals surface area contributed by atoms with Gasteiger partial charge in [-0.1, -0.05) is 116 Å². The highest BCUT2D eigenvalue weighted by molar-refractivity contribution is 5.94. The van der Waals surface area contributed by atoms with Crippen molar-refractivity contribution in [2.45, 2.75) is 51.6 Å². The number of aromatic nitrogens is 4. The first kappa shape index (κ1) is 36.1. The van der Waals surface area contributed by atoms with Gasteiger partial charge >= 0.3 is 5.97 Å². The van der Waals surface area contributed by atoms with E-state index in [1.54, 1.807) is 4.90 Å². The number of H-pyrrole nitrogens is 2. The van der Waals surface area contributed by atoms with E-state index in [-0.39, 0.29) is 30.1 Å². The molecule has 54 heavy (non-hydrogen) atoms. The molecule has 1 fully saturated rings. The van der Waals surface area contributed by atoms with Gasteiger partial charge in [0.1, 0.15) is 17.3 Å². The molecule has 6 aromatic rings. The maximum atomic E-state index is 13.2. The van der Waals surface area contributed by atoms with Gasteiger partial charge in [-0.15, -0.1) is 0 Å². The molecule has 2 amide bonds. The summed E-state index contributed by atoms with van der Waals surface area (Å²) in [7, 11) is 1.34. The van der Waals surface area contributed by atoms with Crippen molar-refractivity contribution in [1.29, 1.82) is 0 Å². The van der Waals surface area contributed by atoms with Crippen molar-refractivity contribution in [2.24, 2.45) is 0 Å². The molecule has 2 N–H and O–H groups in total. The second kappa shape index (κ2) is 16.6. The van der Waals surface area contributed by atoms with E-state index in [9.17, 15) is 14.4 Å². The van der Waals surface area contributed by atoms with Crippen molar-refractivity contribution in [3.8, 4) is 33.6 Å². The van der Waals surface area contributed by atoms with Crippen LogP contribution in [0.1, 0.15) is 65.5 Å². The lowest BCUT2D eigenvalue weighted by Crippen LogP contribution is -2.33. The Morgan fingerprint density at radius 2 is 1.41 bits per heavy atom. The quantitative estimate of drug-likeness (QED) is 0.117. The summed E-state index contributed by atoms with van der Waals surface area (Å²) in [4.78, 5) is 59.1. The summed E-state index contributed by atoms with van der Waals surface area (Å²) in [5, 5.41) is 0. The number of nitrogens with one attached hydrogen (secondary N) is 2. The highest BCUT2D eigenvalue weighted by Crippen LogP contribution is 2.33. The molecule has 0 spiro atoms. The van der Waals surface area contributed by atoms with Crippen molar-refractivity contribution >= 4 is 17.8 Å². The van der Waals surface area contributed by atoms with Gasteiger partial charge in [-0.05, 0) is 47.1 Å². The van der Waals surface area contributed by atoms with E-state index in [0.717, 1.165) is 70.7 Å². The van der Waals surface area contributed by atoms with Crippen LogP contribution in [0.3, 0.4) is 0 Å². The van der Waals surface area contributed by atoms with E-state index in [2.05, 4.69) is 34.2 Å². The van der Waals surface area contributed by atoms with E-state index < -0.39 is 5.97 Å². The molecule has 1 aliphatic heterocycles. The SMILES string of the molecule is CCCN(Cc1nc(-c2ccc(-c3ccc(-c4cnc([C@@H]5CCCN5C(=O)Cc5ccccc5)[nH]4)cc3)cc2)c(C(=O)OC)[nH]1)C(=O)Cc1ccccc1. The number of amides is 2. The molecule has 1 atom stereocenters. The fourth-order valence-corrected chi connectivity index (χ4v) is 7.12. The summed E-state index contributed by atoms with van der Waals surface area (Å²) >= 11 is 0. The fourth-order valence-electron chi connectivity index (χ4n) is 7.12. The number of rotatable bonds is 13. The van der Waals surface area contributed by atoms with Gasteiger partial charge in [0.2, 0.25) is 11.8 Å². The smallest absolute Gasteiger partial charge is 0.356 e. The Hall–Kier alpha value is -6.29. The zero-order valence-electron chi connectivity index (χ0n) is 30.6. The molecular formula is C44H44N6O4. The van der Waals surface area contributed by atoms with Gasteiger partial charge in [-0.2, -0.15) is 0 Å². The van der Waals surface area contributed by atoms with Crippen LogP contribution in [0, 0.1) is 0 Å². The van der Waals surface area contributed by atoms with E-state index >= 15 is 0 Å². The first-order valence-corrected chi connectivity index (χ1v) is 18.5. The maximum Gasteiger partial charge on any atom is 0.356 e. The molecule has 10 heteroatoms. The number of benzene rings is 4. The highest BCUT2D eigenvalue weighted by atomic mass is 16.5. The second-order valence-corrected chi connectivity index (χ2v) is 13.6. The van der Waals surface area contributed by atoms with Crippen molar-refractivity contribution in [3.05, 3.63) is 144 Å². The number of hydrogen-bond acceptors (Lipinski definition) is 6. The number of hydrogen-bond donors (Lipinski definition) is 2. The van der Waals surface area contributed by atoms with Gasteiger partial charge in [0.25, 0.3) is 0 Å². The van der Waals surface area contributed by atoms with Gasteiger partial charge in [-0.25, -0.2) is 14.8 Å². The second-order valence-electron chi connectivity index (χ2n) is 13.6. The lowest BCUT2D eigenvalue weighted by molar-refractivity contribution is -0.132. The lowest BCUT2D eigenvalue weighted by atomic mass is 10.0. The Balaban J connectivity index is 1.04.